The van der Waals surface area contributed by atoms with Crippen molar-refractivity contribution in [2.75, 3.05) is 0 Å². The lowest BCUT2D eigenvalue weighted by molar-refractivity contribution is -0.120. The van der Waals surface area contributed by atoms with Crippen molar-refractivity contribution in [3.63, 3.8) is 0 Å². The van der Waals surface area contributed by atoms with E-state index in [1.165, 1.54) is 19.3 Å². The van der Waals surface area contributed by atoms with Crippen LogP contribution in [0.4, 0.5) is 0 Å². The Morgan fingerprint density at radius 1 is 1.40 bits per heavy atom. The van der Waals surface area contributed by atoms with E-state index in [-0.39, 0.29) is 10.7 Å². The fourth-order valence-corrected chi connectivity index (χ4v) is 2.25. The quantitative estimate of drug-likeness (QED) is 0.609. The Balaban J connectivity index is 2.41. The highest BCUT2D eigenvalue weighted by Gasteiger charge is 2.25. The largest absolute Gasteiger partial charge is 0.352 e. The summed E-state index contributed by atoms with van der Waals surface area (Å²) in [7, 11) is 0. The van der Waals surface area contributed by atoms with Crippen LogP contribution in [0.1, 0.15) is 52.9 Å². The molecule has 0 radical (unpaired) electrons. The third-order valence-corrected chi connectivity index (χ3v) is 3.70. The molecule has 1 rings (SSSR count). The van der Waals surface area contributed by atoms with E-state index in [1.54, 1.807) is 0 Å². The molecule has 1 amide bonds. The van der Waals surface area contributed by atoms with E-state index in [0.29, 0.717) is 11.5 Å². The lowest BCUT2D eigenvalue weighted by Crippen LogP contribution is -2.38. The van der Waals surface area contributed by atoms with Crippen LogP contribution >= 0.6 is 15.9 Å². The fourth-order valence-electron chi connectivity index (χ4n) is 2.12. The SMILES string of the molecule is CC(Br)C(=O)NC1CCCC(C)(C)CC1. The van der Waals surface area contributed by atoms with Gasteiger partial charge in [-0.25, -0.2) is 0 Å². The van der Waals surface area contributed by atoms with Crippen molar-refractivity contribution < 1.29 is 4.79 Å². The third-order valence-electron chi connectivity index (χ3n) is 3.28. The summed E-state index contributed by atoms with van der Waals surface area (Å²) in [4.78, 5) is 11.5. The molecule has 0 heterocycles. The predicted octanol–water partition coefficient (Wildman–Crippen LogP) is 3.24. The maximum absolute atomic E-state index is 11.5. The molecule has 0 spiro atoms. The van der Waals surface area contributed by atoms with Crippen LogP contribution in [0.5, 0.6) is 0 Å². The van der Waals surface area contributed by atoms with Crippen molar-refractivity contribution in [3.8, 4) is 0 Å². The minimum Gasteiger partial charge on any atom is -0.352 e. The number of halogens is 1. The molecular weight excluding hydrogens is 254 g/mol. The maximum atomic E-state index is 11.5. The van der Waals surface area contributed by atoms with Gasteiger partial charge in [-0.2, -0.15) is 0 Å². The lowest BCUT2D eigenvalue weighted by atomic mass is 9.85. The first-order valence-electron chi connectivity index (χ1n) is 5.85. The van der Waals surface area contributed by atoms with E-state index >= 15 is 0 Å². The van der Waals surface area contributed by atoms with E-state index in [0.717, 1.165) is 12.8 Å². The molecule has 2 nitrogen and oxygen atoms in total. The van der Waals surface area contributed by atoms with Crippen LogP contribution in [-0.2, 0) is 4.79 Å². The van der Waals surface area contributed by atoms with Crippen LogP contribution in [0.2, 0.25) is 0 Å². The van der Waals surface area contributed by atoms with Gasteiger partial charge >= 0.3 is 0 Å². The van der Waals surface area contributed by atoms with E-state index in [9.17, 15) is 4.79 Å². The highest BCUT2D eigenvalue weighted by molar-refractivity contribution is 9.10. The summed E-state index contributed by atoms with van der Waals surface area (Å²) in [6.07, 6.45) is 5.99. The second-order valence-electron chi connectivity index (χ2n) is 5.42. The average Bonchev–Trinajstić information content (AvgIpc) is 2.28. The average molecular weight is 276 g/mol. The van der Waals surface area contributed by atoms with Crippen molar-refractivity contribution in [2.24, 2.45) is 5.41 Å². The zero-order chi connectivity index (χ0) is 11.5. The predicted molar refractivity (Wildman–Crippen MR) is 67.2 cm³/mol. The third kappa shape index (κ3) is 4.54. The minimum atomic E-state index is -0.0752. The van der Waals surface area contributed by atoms with Gasteiger partial charge in [-0.15, -0.1) is 0 Å². The van der Waals surface area contributed by atoms with Crippen molar-refractivity contribution >= 4 is 21.8 Å². The van der Waals surface area contributed by atoms with E-state index in [4.69, 9.17) is 0 Å². The molecule has 2 unspecified atom stereocenters. The molecule has 15 heavy (non-hydrogen) atoms. The van der Waals surface area contributed by atoms with Crippen LogP contribution in [-0.4, -0.2) is 16.8 Å². The summed E-state index contributed by atoms with van der Waals surface area (Å²) in [6.45, 7) is 6.52. The number of hydrogen-bond acceptors (Lipinski definition) is 1. The molecular formula is C12H22BrNO. The molecule has 1 N–H and O–H groups in total. The molecule has 0 aromatic carbocycles. The molecule has 0 bridgehead atoms. The summed E-state index contributed by atoms with van der Waals surface area (Å²) in [6, 6.07) is 0.388. The van der Waals surface area contributed by atoms with Gasteiger partial charge in [0, 0.05) is 6.04 Å². The topological polar surface area (TPSA) is 29.1 Å². The number of nitrogens with one attached hydrogen (secondary N) is 1. The molecule has 1 fully saturated rings. The van der Waals surface area contributed by atoms with Crippen LogP contribution in [0.3, 0.4) is 0 Å². The van der Waals surface area contributed by atoms with Crippen molar-refractivity contribution in [1.29, 1.82) is 0 Å². The second-order valence-corrected chi connectivity index (χ2v) is 6.79. The normalized spacial score (nSPS) is 27.9. The molecule has 88 valence electrons. The van der Waals surface area contributed by atoms with Gasteiger partial charge in [0.05, 0.1) is 4.83 Å². The zero-order valence-electron chi connectivity index (χ0n) is 9.98. The van der Waals surface area contributed by atoms with Crippen molar-refractivity contribution in [1.82, 2.24) is 5.32 Å². The van der Waals surface area contributed by atoms with Crippen LogP contribution in [0.15, 0.2) is 0 Å². The Labute approximate surface area is 101 Å². The Hall–Kier alpha value is -0.0500. The first kappa shape index (κ1) is 13.0. The molecule has 2 atom stereocenters. The second kappa shape index (κ2) is 5.33. The van der Waals surface area contributed by atoms with Gasteiger partial charge in [-0.3, -0.25) is 4.79 Å². The molecule has 3 heteroatoms. The summed E-state index contributed by atoms with van der Waals surface area (Å²) >= 11 is 3.30. The number of alkyl halides is 1. The zero-order valence-corrected chi connectivity index (χ0v) is 11.6. The van der Waals surface area contributed by atoms with Gasteiger partial charge in [0.15, 0.2) is 0 Å². The molecule has 0 aromatic heterocycles. The smallest absolute Gasteiger partial charge is 0.233 e. The monoisotopic (exact) mass is 275 g/mol. The van der Waals surface area contributed by atoms with Crippen molar-refractivity contribution in [3.05, 3.63) is 0 Å². The standard InChI is InChI=1S/C12H22BrNO/c1-9(13)11(15)14-10-5-4-7-12(2,3)8-6-10/h9-10H,4-8H2,1-3H3,(H,14,15). The maximum Gasteiger partial charge on any atom is 0.233 e. The summed E-state index contributed by atoms with van der Waals surface area (Å²) in [5.74, 6) is 0.125. The number of hydrogen-bond donors (Lipinski definition) is 1. The van der Waals surface area contributed by atoms with E-state index < -0.39 is 0 Å². The van der Waals surface area contributed by atoms with Gasteiger partial charge in [-0.05, 0) is 38.0 Å². The number of rotatable bonds is 2. The van der Waals surface area contributed by atoms with Crippen LogP contribution in [0.25, 0.3) is 0 Å². The van der Waals surface area contributed by atoms with Gasteiger partial charge in [0.1, 0.15) is 0 Å². The van der Waals surface area contributed by atoms with Gasteiger partial charge in [0.2, 0.25) is 5.91 Å². The molecule has 0 aromatic rings. The first-order chi connectivity index (χ1) is 6.91. The van der Waals surface area contributed by atoms with Crippen LogP contribution < -0.4 is 5.32 Å². The van der Waals surface area contributed by atoms with E-state index in [1.807, 2.05) is 6.92 Å². The van der Waals surface area contributed by atoms with Gasteiger partial charge in [0.25, 0.3) is 0 Å². The Morgan fingerprint density at radius 2 is 2.07 bits per heavy atom. The fraction of sp³-hybridized carbons (Fsp3) is 0.917. The highest BCUT2D eigenvalue weighted by Crippen LogP contribution is 2.33. The lowest BCUT2D eigenvalue weighted by Gasteiger charge is -2.22. The Bertz CT molecular complexity index is 226. The number of carbonyl (C=O) groups excluding carboxylic acids is 1. The summed E-state index contributed by atoms with van der Waals surface area (Å²) < 4.78 is 0. The van der Waals surface area contributed by atoms with Gasteiger partial charge < -0.3 is 5.32 Å². The summed E-state index contributed by atoms with van der Waals surface area (Å²) in [5.41, 5.74) is 0.458. The van der Waals surface area contributed by atoms with Crippen molar-refractivity contribution in [2.45, 2.75) is 63.7 Å². The minimum absolute atomic E-state index is 0.0752. The molecule has 1 aliphatic rings. The highest BCUT2D eigenvalue weighted by atomic mass is 79.9. The Kier molecular flexibility index (Phi) is 4.63. The first-order valence-corrected chi connectivity index (χ1v) is 6.77. The molecule has 0 aliphatic heterocycles. The summed E-state index contributed by atoms with van der Waals surface area (Å²) in [5, 5.41) is 3.11. The van der Waals surface area contributed by atoms with E-state index in [2.05, 4.69) is 35.1 Å². The number of amides is 1. The molecule has 1 aliphatic carbocycles. The van der Waals surface area contributed by atoms with Crippen LogP contribution in [0, 0.1) is 5.41 Å². The number of carbonyl (C=O) groups is 1. The van der Waals surface area contributed by atoms with Gasteiger partial charge in [-0.1, -0.05) is 36.2 Å². The Morgan fingerprint density at radius 3 is 2.67 bits per heavy atom. The molecule has 0 saturated heterocycles. The molecule has 1 saturated carbocycles.